The van der Waals surface area contributed by atoms with Gasteiger partial charge < -0.3 is 14.7 Å². The first kappa shape index (κ1) is 14.9. The lowest BCUT2D eigenvalue weighted by atomic mass is 9.69. The van der Waals surface area contributed by atoms with Crippen LogP contribution in [0.25, 0.3) is 0 Å². The number of benzene rings is 1. The molecule has 4 heteroatoms. The second kappa shape index (κ2) is 5.66. The largest absolute Gasteiger partial charge is 0.453 e. The summed E-state index contributed by atoms with van der Waals surface area (Å²) < 4.78 is 4.82. The molecule has 0 aromatic heterocycles. The van der Waals surface area contributed by atoms with Crippen molar-refractivity contribution in [3.63, 3.8) is 0 Å². The van der Waals surface area contributed by atoms with Gasteiger partial charge in [-0.1, -0.05) is 24.0 Å². The minimum absolute atomic E-state index is 0.00564. The standard InChI is InChI=1S/C18H21NO3/c1-13-4-3-5-14(10-13)8-9-18(21)11-16-7-6-15(18)12-19(16)17(20)22-2/h3-5,10,15-16,21H,6-7,11-12H2,1-2H3/t15-,16-,18+/m1/s1. The Kier molecular flexibility index (Phi) is 3.84. The number of ether oxygens (including phenoxy) is 1. The van der Waals surface area contributed by atoms with Crippen molar-refractivity contribution in [3.05, 3.63) is 35.4 Å². The molecule has 4 rings (SSSR count). The highest BCUT2D eigenvalue weighted by atomic mass is 16.5. The van der Waals surface area contributed by atoms with E-state index in [1.165, 1.54) is 7.11 Å². The van der Waals surface area contributed by atoms with Crippen LogP contribution in [0.3, 0.4) is 0 Å². The van der Waals surface area contributed by atoms with Gasteiger partial charge in [0.2, 0.25) is 0 Å². The number of carbonyl (C=O) groups is 1. The van der Waals surface area contributed by atoms with Crippen molar-refractivity contribution in [1.29, 1.82) is 0 Å². The van der Waals surface area contributed by atoms with E-state index in [0.29, 0.717) is 13.0 Å². The molecule has 22 heavy (non-hydrogen) atoms. The van der Waals surface area contributed by atoms with Crippen molar-refractivity contribution in [1.82, 2.24) is 4.90 Å². The van der Waals surface area contributed by atoms with Gasteiger partial charge in [0.15, 0.2) is 0 Å². The van der Waals surface area contributed by atoms with Gasteiger partial charge in [-0.3, -0.25) is 0 Å². The molecule has 0 unspecified atom stereocenters. The molecule has 1 aromatic carbocycles. The van der Waals surface area contributed by atoms with Crippen LogP contribution >= 0.6 is 0 Å². The molecule has 116 valence electrons. The zero-order chi connectivity index (χ0) is 15.7. The molecule has 3 atom stereocenters. The molecule has 1 aromatic rings. The number of nitrogens with zero attached hydrogens (tertiary/aromatic N) is 1. The predicted octanol–water partition coefficient (Wildman–Crippen LogP) is 2.33. The topological polar surface area (TPSA) is 49.8 Å². The number of hydrogen-bond donors (Lipinski definition) is 1. The van der Waals surface area contributed by atoms with Crippen LogP contribution in [0, 0.1) is 24.7 Å². The smallest absolute Gasteiger partial charge is 0.409 e. The summed E-state index contributed by atoms with van der Waals surface area (Å²) in [5.41, 5.74) is 1.07. The minimum Gasteiger partial charge on any atom is -0.453 e. The van der Waals surface area contributed by atoms with E-state index < -0.39 is 5.60 Å². The van der Waals surface area contributed by atoms with E-state index in [1.54, 1.807) is 4.90 Å². The number of amides is 1. The average molecular weight is 299 g/mol. The van der Waals surface area contributed by atoms with Crippen LogP contribution in [0.1, 0.15) is 30.4 Å². The first-order chi connectivity index (χ1) is 10.5. The third-order valence-electron chi connectivity index (χ3n) is 4.78. The molecule has 2 aliphatic heterocycles. The van der Waals surface area contributed by atoms with E-state index in [1.807, 2.05) is 31.2 Å². The molecule has 2 heterocycles. The van der Waals surface area contributed by atoms with Crippen LogP contribution < -0.4 is 0 Å². The highest BCUT2D eigenvalue weighted by molar-refractivity contribution is 5.68. The van der Waals surface area contributed by atoms with Gasteiger partial charge in [0, 0.05) is 30.5 Å². The number of piperidine rings is 2. The quantitative estimate of drug-likeness (QED) is 0.748. The van der Waals surface area contributed by atoms with E-state index in [-0.39, 0.29) is 18.1 Å². The van der Waals surface area contributed by atoms with Crippen molar-refractivity contribution in [2.24, 2.45) is 5.92 Å². The summed E-state index contributed by atoms with van der Waals surface area (Å²) in [7, 11) is 1.40. The third-order valence-corrected chi connectivity index (χ3v) is 4.78. The number of rotatable bonds is 0. The Balaban J connectivity index is 1.80. The van der Waals surface area contributed by atoms with E-state index in [9.17, 15) is 9.90 Å². The van der Waals surface area contributed by atoms with E-state index >= 15 is 0 Å². The van der Waals surface area contributed by atoms with Crippen molar-refractivity contribution >= 4 is 6.09 Å². The molecule has 4 nitrogen and oxygen atoms in total. The Labute approximate surface area is 131 Å². The Morgan fingerprint density at radius 2 is 2.27 bits per heavy atom. The number of hydrogen-bond acceptors (Lipinski definition) is 3. The second-order valence-corrected chi connectivity index (χ2v) is 6.30. The molecule has 2 bridgehead atoms. The second-order valence-electron chi connectivity index (χ2n) is 6.30. The third kappa shape index (κ3) is 2.69. The van der Waals surface area contributed by atoms with Gasteiger partial charge in [0.05, 0.1) is 7.11 Å². The molecule has 3 fully saturated rings. The zero-order valence-electron chi connectivity index (χ0n) is 13.0. The summed E-state index contributed by atoms with van der Waals surface area (Å²) >= 11 is 0. The van der Waals surface area contributed by atoms with E-state index in [2.05, 4.69) is 11.8 Å². The van der Waals surface area contributed by atoms with Gasteiger partial charge >= 0.3 is 6.09 Å². The first-order valence-electron chi connectivity index (χ1n) is 7.68. The molecule has 0 spiro atoms. The molecule has 1 amide bonds. The van der Waals surface area contributed by atoms with Crippen molar-refractivity contribution in [2.45, 2.75) is 37.8 Å². The maximum absolute atomic E-state index is 11.8. The van der Waals surface area contributed by atoms with Gasteiger partial charge in [-0.15, -0.1) is 0 Å². The zero-order valence-corrected chi connectivity index (χ0v) is 13.0. The van der Waals surface area contributed by atoms with Crippen molar-refractivity contribution < 1.29 is 14.6 Å². The average Bonchev–Trinajstić information content (AvgIpc) is 2.53. The lowest BCUT2D eigenvalue weighted by Crippen LogP contribution is -2.61. The molecule has 0 radical (unpaired) electrons. The number of carbonyl (C=O) groups excluding carboxylic acids is 1. The predicted molar refractivity (Wildman–Crippen MR) is 83.2 cm³/mol. The van der Waals surface area contributed by atoms with Crippen LogP contribution in [-0.2, 0) is 4.74 Å². The molecule has 3 aliphatic rings. The maximum atomic E-state index is 11.8. The fraction of sp³-hybridized carbons (Fsp3) is 0.500. The number of methoxy groups -OCH3 is 1. The Hall–Kier alpha value is -1.99. The summed E-state index contributed by atoms with van der Waals surface area (Å²) in [5, 5.41) is 10.9. The Morgan fingerprint density at radius 1 is 1.45 bits per heavy atom. The van der Waals surface area contributed by atoms with E-state index in [4.69, 9.17) is 4.74 Å². The van der Waals surface area contributed by atoms with Crippen LogP contribution in [0.15, 0.2) is 24.3 Å². The van der Waals surface area contributed by atoms with Crippen LogP contribution in [-0.4, -0.2) is 41.4 Å². The summed E-state index contributed by atoms with van der Waals surface area (Å²) in [5.74, 6) is 6.18. The number of aryl methyl sites for hydroxylation is 1. The highest BCUT2D eigenvalue weighted by Crippen LogP contribution is 2.42. The van der Waals surface area contributed by atoms with Crippen molar-refractivity contribution in [3.8, 4) is 11.8 Å². The fourth-order valence-electron chi connectivity index (χ4n) is 3.55. The summed E-state index contributed by atoms with van der Waals surface area (Å²) in [4.78, 5) is 13.5. The molecule has 1 saturated carbocycles. The summed E-state index contributed by atoms with van der Waals surface area (Å²) in [6.07, 6.45) is 2.01. The highest BCUT2D eigenvalue weighted by Gasteiger charge is 2.50. The van der Waals surface area contributed by atoms with Crippen LogP contribution in [0.5, 0.6) is 0 Å². The van der Waals surface area contributed by atoms with E-state index in [0.717, 1.165) is 24.0 Å². The van der Waals surface area contributed by atoms with Gasteiger partial charge in [0.25, 0.3) is 0 Å². The van der Waals surface area contributed by atoms with Crippen LogP contribution in [0.4, 0.5) is 4.79 Å². The summed E-state index contributed by atoms with van der Waals surface area (Å²) in [6, 6.07) is 7.98. The van der Waals surface area contributed by atoms with Gasteiger partial charge in [0.1, 0.15) is 5.60 Å². The molecule has 1 aliphatic carbocycles. The van der Waals surface area contributed by atoms with Crippen LogP contribution in [0.2, 0.25) is 0 Å². The minimum atomic E-state index is -1.00. The van der Waals surface area contributed by atoms with Crippen molar-refractivity contribution in [2.75, 3.05) is 13.7 Å². The Bertz CT molecular complexity index is 645. The summed E-state index contributed by atoms with van der Waals surface area (Å²) in [6.45, 7) is 2.55. The van der Waals surface area contributed by atoms with Gasteiger partial charge in [-0.2, -0.15) is 0 Å². The fourth-order valence-corrected chi connectivity index (χ4v) is 3.55. The first-order valence-corrected chi connectivity index (χ1v) is 7.68. The number of aliphatic hydroxyl groups is 1. The maximum Gasteiger partial charge on any atom is 0.409 e. The lowest BCUT2D eigenvalue weighted by Gasteiger charge is -2.51. The lowest BCUT2D eigenvalue weighted by molar-refractivity contribution is -0.0829. The molecule has 1 N–H and O–H groups in total. The SMILES string of the molecule is COC(=O)N1C[C@H]2CC[C@@H]1C[C@@]2(O)C#Cc1cccc(C)c1. The normalized spacial score (nSPS) is 29.7. The molecular weight excluding hydrogens is 278 g/mol. The number of fused-ring (bicyclic) bond motifs is 3. The molecule has 2 saturated heterocycles. The Morgan fingerprint density at radius 3 is 2.91 bits per heavy atom. The monoisotopic (exact) mass is 299 g/mol. The molecular formula is C18H21NO3. The van der Waals surface area contributed by atoms with Gasteiger partial charge in [-0.25, -0.2) is 4.79 Å². The van der Waals surface area contributed by atoms with Gasteiger partial charge in [-0.05, 0) is 37.5 Å².